The van der Waals surface area contributed by atoms with E-state index >= 15 is 0 Å². The van der Waals surface area contributed by atoms with Gasteiger partial charge in [0.15, 0.2) is 0 Å². The molecule has 7 nitrogen and oxygen atoms in total. The van der Waals surface area contributed by atoms with Crippen LogP contribution in [0.15, 0.2) is 93.2 Å². The van der Waals surface area contributed by atoms with Crippen LogP contribution in [0.5, 0.6) is 0 Å². The molecular formula is C29H28N4O3S. The summed E-state index contributed by atoms with van der Waals surface area (Å²) in [5.41, 5.74) is 4.89. The Morgan fingerprint density at radius 2 is 1.84 bits per heavy atom. The van der Waals surface area contributed by atoms with Gasteiger partial charge in [-0.2, -0.15) is 5.26 Å². The number of nitrogens with zero attached hydrogens (tertiary/aromatic N) is 1. The lowest BCUT2D eigenvalue weighted by molar-refractivity contribution is -0.114. The van der Waals surface area contributed by atoms with Crippen LogP contribution in [-0.2, 0) is 16.0 Å². The number of thioether (sulfide) groups is 1. The number of allylic oxidation sites excluding steroid dienone is 2. The molecule has 0 spiro atoms. The van der Waals surface area contributed by atoms with E-state index in [2.05, 4.69) is 28.9 Å². The fourth-order valence-electron chi connectivity index (χ4n) is 4.15. The molecule has 0 unspecified atom stereocenters. The number of hydrogen-bond acceptors (Lipinski definition) is 6. The predicted octanol–water partition coefficient (Wildman–Crippen LogP) is 5.86. The molecule has 0 aliphatic carbocycles. The van der Waals surface area contributed by atoms with E-state index in [-0.39, 0.29) is 17.6 Å². The fraction of sp³-hybridized carbons (Fsp3) is 0.207. The van der Waals surface area contributed by atoms with Gasteiger partial charge < -0.3 is 20.4 Å². The number of aryl methyl sites for hydroxylation is 2. The van der Waals surface area contributed by atoms with Gasteiger partial charge in [-0.05, 0) is 67.8 Å². The summed E-state index contributed by atoms with van der Waals surface area (Å²) in [5.74, 6) is -0.669. The highest BCUT2D eigenvalue weighted by molar-refractivity contribution is 8.03. The minimum Gasteiger partial charge on any atom is -0.468 e. The SMILES string of the molecule is CCc1ccc(NC(=O)C2=C(C)NC(SCC(=O)Nc3cccc(C)c3)=C(C#N)[C@@H]2c2ccco2)cc1. The average Bonchev–Trinajstić information content (AvgIpc) is 3.42. The minimum atomic E-state index is -0.710. The summed E-state index contributed by atoms with van der Waals surface area (Å²) in [7, 11) is 0. The van der Waals surface area contributed by atoms with Crippen molar-refractivity contribution in [2.45, 2.75) is 33.1 Å². The third kappa shape index (κ3) is 6.13. The summed E-state index contributed by atoms with van der Waals surface area (Å²) in [4.78, 5) is 26.1. The molecule has 2 amide bonds. The average molecular weight is 513 g/mol. The van der Waals surface area contributed by atoms with Crippen molar-refractivity contribution in [1.29, 1.82) is 5.26 Å². The summed E-state index contributed by atoms with van der Waals surface area (Å²) in [6.45, 7) is 5.81. The van der Waals surface area contributed by atoms with Gasteiger partial charge in [0.25, 0.3) is 5.91 Å². The number of nitrogens with one attached hydrogen (secondary N) is 3. The molecule has 0 saturated heterocycles. The van der Waals surface area contributed by atoms with Crippen molar-refractivity contribution in [2.24, 2.45) is 0 Å². The van der Waals surface area contributed by atoms with Crippen molar-refractivity contribution in [2.75, 3.05) is 16.4 Å². The van der Waals surface area contributed by atoms with Gasteiger partial charge in [-0.25, -0.2) is 0 Å². The second-order valence-corrected chi connectivity index (χ2v) is 9.66. The number of nitriles is 1. The van der Waals surface area contributed by atoms with E-state index in [0.717, 1.165) is 12.0 Å². The van der Waals surface area contributed by atoms with Gasteiger partial charge >= 0.3 is 0 Å². The second kappa shape index (κ2) is 11.7. The van der Waals surface area contributed by atoms with Crippen molar-refractivity contribution in [3.63, 3.8) is 0 Å². The van der Waals surface area contributed by atoms with E-state index in [1.54, 1.807) is 19.1 Å². The molecule has 188 valence electrons. The molecule has 3 aromatic rings. The molecule has 0 bridgehead atoms. The summed E-state index contributed by atoms with van der Waals surface area (Å²) >= 11 is 1.21. The molecule has 4 rings (SSSR count). The molecule has 2 heterocycles. The van der Waals surface area contributed by atoms with Gasteiger partial charge in [-0.1, -0.05) is 43.0 Å². The highest BCUT2D eigenvalue weighted by atomic mass is 32.2. The van der Waals surface area contributed by atoms with Gasteiger partial charge in [-0.15, -0.1) is 0 Å². The van der Waals surface area contributed by atoms with Crippen LogP contribution in [0.3, 0.4) is 0 Å². The summed E-state index contributed by atoms with van der Waals surface area (Å²) in [5, 5.41) is 19.7. The van der Waals surface area contributed by atoms with Crippen LogP contribution in [0.2, 0.25) is 0 Å². The van der Waals surface area contributed by atoms with Crippen LogP contribution >= 0.6 is 11.8 Å². The van der Waals surface area contributed by atoms with E-state index < -0.39 is 5.92 Å². The van der Waals surface area contributed by atoms with Crippen molar-refractivity contribution < 1.29 is 14.0 Å². The second-order valence-electron chi connectivity index (χ2n) is 8.68. The molecule has 1 atom stereocenters. The zero-order valence-corrected chi connectivity index (χ0v) is 21.7. The number of dihydropyridines is 1. The fourth-order valence-corrected chi connectivity index (χ4v) is 5.04. The molecule has 0 fully saturated rings. The zero-order valence-electron chi connectivity index (χ0n) is 20.9. The maximum absolute atomic E-state index is 13.4. The highest BCUT2D eigenvalue weighted by Crippen LogP contribution is 2.41. The Kier molecular flexibility index (Phi) is 8.16. The summed E-state index contributed by atoms with van der Waals surface area (Å²) < 4.78 is 5.66. The molecule has 3 N–H and O–H groups in total. The number of carbonyl (C=O) groups excluding carboxylic acids is 2. The number of benzene rings is 2. The first-order valence-electron chi connectivity index (χ1n) is 11.9. The topological polar surface area (TPSA) is 107 Å². The quantitative estimate of drug-likeness (QED) is 0.349. The molecule has 1 aromatic heterocycles. The Bertz CT molecular complexity index is 1400. The van der Waals surface area contributed by atoms with E-state index in [0.29, 0.717) is 39.0 Å². The van der Waals surface area contributed by atoms with Crippen molar-refractivity contribution in [3.8, 4) is 6.07 Å². The standard InChI is InChI=1S/C29H28N4O3S/c1-4-20-10-12-21(13-11-20)33-28(35)26-19(3)31-29(23(16-30)27(26)24-9-6-14-36-24)37-17-25(34)32-22-8-5-7-18(2)15-22/h5-15,27,31H,4,17H2,1-3H3,(H,32,34)(H,33,35)/t27-/m1/s1. The third-order valence-corrected chi connectivity index (χ3v) is 7.01. The van der Waals surface area contributed by atoms with Gasteiger partial charge in [-0.3, -0.25) is 9.59 Å². The van der Waals surface area contributed by atoms with E-state index in [1.165, 1.54) is 23.6 Å². The number of carbonyl (C=O) groups is 2. The highest BCUT2D eigenvalue weighted by Gasteiger charge is 2.36. The number of rotatable bonds is 8. The molecule has 0 radical (unpaired) electrons. The Labute approximate surface area is 220 Å². The summed E-state index contributed by atoms with van der Waals surface area (Å²) in [6, 6.07) is 20.9. The van der Waals surface area contributed by atoms with Crippen LogP contribution in [0, 0.1) is 18.3 Å². The maximum Gasteiger partial charge on any atom is 0.254 e. The molecule has 0 saturated carbocycles. The van der Waals surface area contributed by atoms with Crippen molar-refractivity contribution in [1.82, 2.24) is 5.32 Å². The molecule has 1 aliphatic heterocycles. The maximum atomic E-state index is 13.4. The van der Waals surface area contributed by atoms with Crippen LogP contribution in [0.25, 0.3) is 0 Å². The Morgan fingerprint density at radius 1 is 1.05 bits per heavy atom. The van der Waals surface area contributed by atoms with Crippen molar-refractivity contribution >= 4 is 35.0 Å². The normalized spacial score (nSPS) is 15.1. The van der Waals surface area contributed by atoms with E-state index in [1.807, 2.05) is 55.5 Å². The van der Waals surface area contributed by atoms with Crippen LogP contribution in [-0.4, -0.2) is 17.6 Å². The third-order valence-electron chi connectivity index (χ3n) is 5.99. The first-order valence-corrected chi connectivity index (χ1v) is 12.9. The largest absolute Gasteiger partial charge is 0.468 e. The lowest BCUT2D eigenvalue weighted by Crippen LogP contribution is -2.31. The molecule has 2 aromatic carbocycles. The smallest absolute Gasteiger partial charge is 0.254 e. The molecule has 8 heteroatoms. The zero-order chi connectivity index (χ0) is 26.4. The first kappa shape index (κ1) is 25.9. The van der Waals surface area contributed by atoms with Gasteiger partial charge in [0.1, 0.15) is 5.76 Å². The Morgan fingerprint density at radius 3 is 2.49 bits per heavy atom. The molecule has 37 heavy (non-hydrogen) atoms. The number of hydrogen-bond donors (Lipinski definition) is 3. The first-order chi connectivity index (χ1) is 17.9. The van der Waals surface area contributed by atoms with E-state index in [4.69, 9.17) is 4.42 Å². The molecular weight excluding hydrogens is 484 g/mol. The van der Waals surface area contributed by atoms with Crippen LogP contribution in [0.4, 0.5) is 11.4 Å². The van der Waals surface area contributed by atoms with Gasteiger partial charge in [0.2, 0.25) is 5.91 Å². The number of anilines is 2. The van der Waals surface area contributed by atoms with Gasteiger partial charge in [0, 0.05) is 17.1 Å². The predicted molar refractivity (Wildman–Crippen MR) is 147 cm³/mol. The monoisotopic (exact) mass is 512 g/mol. The number of amides is 2. The van der Waals surface area contributed by atoms with Crippen molar-refractivity contribution in [3.05, 3.63) is 106 Å². The lowest BCUT2D eigenvalue weighted by atomic mass is 9.85. The van der Waals surface area contributed by atoms with Crippen LogP contribution < -0.4 is 16.0 Å². The van der Waals surface area contributed by atoms with E-state index in [9.17, 15) is 14.9 Å². The Hall–Kier alpha value is -4.22. The molecule has 1 aliphatic rings. The summed E-state index contributed by atoms with van der Waals surface area (Å²) in [6.07, 6.45) is 2.42. The minimum absolute atomic E-state index is 0.0882. The van der Waals surface area contributed by atoms with Crippen LogP contribution in [0.1, 0.15) is 36.7 Å². The van der Waals surface area contributed by atoms with Gasteiger partial charge in [0.05, 0.1) is 40.2 Å². The lowest BCUT2D eigenvalue weighted by Gasteiger charge is -2.28. The number of furan rings is 1. The Balaban J connectivity index is 1.57.